The number of alkyl halides is 2. The molecule has 2 aromatic rings. The van der Waals surface area contributed by atoms with Gasteiger partial charge in [-0.3, -0.25) is 0 Å². The van der Waals surface area contributed by atoms with Crippen LogP contribution in [0.1, 0.15) is 11.1 Å². The van der Waals surface area contributed by atoms with Gasteiger partial charge in [-0.15, -0.1) is 0 Å². The average molecular weight is 397 g/mol. The van der Waals surface area contributed by atoms with Gasteiger partial charge in [0.15, 0.2) is 29.1 Å². The highest BCUT2D eigenvalue weighted by atomic mass is 32.3. The van der Waals surface area contributed by atoms with Gasteiger partial charge in [-0.25, -0.2) is 26.3 Å². The predicted octanol–water partition coefficient (Wildman–Crippen LogP) is 5.53. The molecule has 0 aliphatic heterocycles. The number of halogens is 11. The van der Waals surface area contributed by atoms with Crippen molar-refractivity contribution in [2.45, 2.75) is 10.8 Å². The molecule has 1 aliphatic rings. The molecule has 0 spiro atoms. The summed E-state index contributed by atoms with van der Waals surface area (Å²) >= 11 is -4.44. The van der Waals surface area contributed by atoms with Crippen LogP contribution in [-0.2, 0) is 17.6 Å². The van der Waals surface area contributed by atoms with Gasteiger partial charge in [0.05, 0.1) is 13.3 Å². The van der Waals surface area contributed by atoms with Crippen LogP contribution in [0.25, 0.3) is 11.1 Å². The molecule has 0 radical (unpaired) electrons. The molecule has 0 bridgehead atoms. The quantitative estimate of drug-likeness (QED) is 0.257. The van der Waals surface area contributed by atoms with Crippen LogP contribution in [0.5, 0.6) is 0 Å². The van der Waals surface area contributed by atoms with Gasteiger partial charge in [-0.1, -0.05) is 0 Å². The van der Waals surface area contributed by atoms with E-state index in [4.69, 9.17) is 0 Å². The van der Waals surface area contributed by atoms with Crippen molar-refractivity contribution in [1.82, 2.24) is 0 Å². The second kappa shape index (κ2) is 5.26. The van der Waals surface area contributed by atoms with E-state index in [9.17, 15) is 47.3 Å². The van der Waals surface area contributed by atoms with E-state index in [0.717, 1.165) is 0 Å². The maximum atomic E-state index is 14.3. The first-order valence-corrected chi connectivity index (χ1v) is 6.99. The van der Waals surface area contributed by atoms with Crippen molar-refractivity contribution in [1.29, 1.82) is 0 Å². The fraction of sp³-hybridized carbons (Fsp3) is 0.0769. The van der Waals surface area contributed by atoms with Crippen molar-refractivity contribution in [3.63, 3.8) is 0 Å². The molecule has 0 N–H and O–H groups in total. The Balaban J connectivity index is 2.64. The summed E-state index contributed by atoms with van der Waals surface area (Å²) < 4.78 is 149. The monoisotopic (exact) mass is 397 g/mol. The highest BCUT2D eigenvalue weighted by molar-refractivity contribution is 7.87. The minimum Gasteiger partial charge on any atom is -0.203 e. The van der Waals surface area contributed by atoms with Gasteiger partial charge in [0.2, 0.25) is 11.6 Å². The van der Waals surface area contributed by atoms with Crippen LogP contribution in [0.2, 0.25) is 0 Å². The second-order valence-electron chi connectivity index (χ2n) is 4.81. The molecule has 1 aliphatic carbocycles. The lowest BCUT2D eigenvalue weighted by Gasteiger charge is -2.13. The van der Waals surface area contributed by atoms with E-state index in [1.165, 1.54) is 0 Å². The van der Waals surface area contributed by atoms with E-state index in [1.54, 1.807) is 0 Å². The maximum Gasteiger partial charge on any atom is 0.466 e. The SMILES string of the molecule is Fc1c(F)c(F)c2c(c1F)-c1c(F)c(F)c(F)c([S+](F)F)c1C2(F)F. The normalized spacial score (nSPS) is 14.9. The second-order valence-corrected chi connectivity index (χ2v) is 5.65. The van der Waals surface area contributed by atoms with Crippen LogP contribution in [0.3, 0.4) is 0 Å². The Labute approximate surface area is 133 Å². The lowest BCUT2D eigenvalue weighted by molar-refractivity contribution is 0.0390. The van der Waals surface area contributed by atoms with Crippen molar-refractivity contribution < 1.29 is 47.3 Å². The zero-order valence-corrected chi connectivity index (χ0v) is 11.9. The van der Waals surface area contributed by atoms with Gasteiger partial charge in [-0.05, 0) is 0 Å². The molecular weight excluding hydrogens is 397 g/mol. The number of hydrogen-bond acceptors (Lipinski definition) is 0. The number of benzene rings is 2. The Kier molecular flexibility index (Phi) is 3.75. The van der Waals surface area contributed by atoms with E-state index in [-0.39, 0.29) is 0 Å². The molecule has 0 fully saturated rings. The minimum absolute atomic E-state index is 1.99. The molecule has 12 heteroatoms. The highest BCUT2D eigenvalue weighted by Gasteiger charge is 2.59. The summed E-state index contributed by atoms with van der Waals surface area (Å²) in [5.74, 6) is -23.6. The molecule has 0 saturated carbocycles. The first-order valence-electron chi connectivity index (χ1n) is 5.96. The fourth-order valence-electron chi connectivity index (χ4n) is 2.60. The Bertz CT molecular complexity index is 935. The molecule has 0 saturated heterocycles. The summed E-state index contributed by atoms with van der Waals surface area (Å²) in [5.41, 5.74) is -8.58. The smallest absolute Gasteiger partial charge is 0.203 e. The van der Waals surface area contributed by atoms with Gasteiger partial charge in [0, 0.05) is 11.1 Å². The highest BCUT2D eigenvalue weighted by Crippen LogP contribution is 2.57. The van der Waals surface area contributed by atoms with Gasteiger partial charge in [-0.2, -0.15) is 13.2 Å². The maximum absolute atomic E-state index is 14.3. The van der Waals surface area contributed by atoms with Crippen molar-refractivity contribution in [3.05, 3.63) is 51.8 Å². The average Bonchev–Trinajstić information content (AvgIpc) is 2.77. The molecule has 0 atom stereocenters. The lowest BCUT2D eigenvalue weighted by Crippen LogP contribution is -2.19. The van der Waals surface area contributed by atoms with Gasteiger partial charge >= 0.3 is 17.6 Å². The van der Waals surface area contributed by atoms with E-state index in [2.05, 4.69) is 0 Å². The molecule has 25 heavy (non-hydrogen) atoms. The van der Waals surface area contributed by atoms with Crippen LogP contribution in [0.4, 0.5) is 47.3 Å². The minimum atomic E-state index is -5.07. The molecule has 0 unspecified atom stereocenters. The lowest BCUT2D eigenvalue weighted by atomic mass is 10.0. The van der Waals surface area contributed by atoms with Crippen LogP contribution in [-0.4, -0.2) is 0 Å². The van der Waals surface area contributed by atoms with Crippen LogP contribution in [0, 0.1) is 40.7 Å². The van der Waals surface area contributed by atoms with E-state index in [0.29, 0.717) is 0 Å². The Hall–Kier alpha value is -1.98. The molecule has 0 nitrogen and oxygen atoms in total. The van der Waals surface area contributed by atoms with Gasteiger partial charge < -0.3 is 0 Å². The van der Waals surface area contributed by atoms with Gasteiger partial charge in [0.1, 0.15) is 5.56 Å². The number of fused-ring (bicyclic) bond motifs is 3. The number of hydrogen-bond donors (Lipinski definition) is 0. The first-order chi connectivity index (χ1) is 11.4. The Morgan fingerprint density at radius 1 is 0.520 bits per heavy atom. The van der Waals surface area contributed by atoms with Crippen LogP contribution < -0.4 is 0 Å². The van der Waals surface area contributed by atoms with Crippen molar-refractivity contribution in [3.8, 4) is 11.1 Å². The Morgan fingerprint density at radius 3 is 1.40 bits per heavy atom. The third kappa shape index (κ3) is 2.02. The summed E-state index contributed by atoms with van der Waals surface area (Å²) in [6.07, 6.45) is 0. The first kappa shape index (κ1) is 17.8. The molecule has 0 heterocycles. The predicted molar refractivity (Wildman–Crippen MR) is 62.4 cm³/mol. The third-order valence-corrected chi connectivity index (χ3v) is 4.27. The zero-order valence-electron chi connectivity index (χ0n) is 11.1. The van der Waals surface area contributed by atoms with Crippen LogP contribution in [0.15, 0.2) is 4.90 Å². The van der Waals surface area contributed by atoms with Gasteiger partial charge in [0.25, 0.3) is 4.90 Å². The molecule has 2 aromatic carbocycles. The van der Waals surface area contributed by atoms with Crippen LogP contribution >= 0.6 is 0 Å². The molecule has 0 aromatic heterocycles. The van der Waals surface area contributed by atoms with E-state index in [1.807, 2.05) is 0 Å². The molecule has 3 rings (SSSR count). The Morgan fingerprint density at radius 2 is 0.920 bits per heavy atom. The molecule has 134 valence electrons. The summed E-state index contributed by atoms with van der Waals surface area (Å²) in [7, 11) is 0. The van der Waals surface area contributed by atoms with E-state index >= 15 is 0 Å². The van der Waals surface area contributed by atoms with E-state index < -0.39 is 85.5 Å². The zero-order chi connectivity index (χ0) is 19.0. The van der Waals surface area contributed by atoms with Crippen molar-refractivity contribution >= 4 is 11.7 Å². The summed E-state index contributed by atoms with van der Waals surface area (Å²) in [6.45, 7) is 0. The summed E-state index contributed by atoms with van der Waals surface area (Å²) in [6, 6.07) is 0. The summed E-state index contributed by atoms with van der Waals surface area (Å²) in [4.78, 5) is -2.34. The standard InChI is InChI=1S/C13F11S/c14-5-1-2-4(12(25(23)24)11(20)9(18)6(2)15)13(21,22)3(1)7(16)10(19)8(5)17/q+1. The fourth-order valence-corrected chi connectivity index (χ4v) is 3.21. The van der Waals surface area contributed by atoms with Crippen molar-refractivity contribution in [2.75, 3.05) is 0 Å². The molecular formula is C13F11S+. The largest absolute Gasteiger partial charge is 0.466 e. The van der Waals surface area contributed by atoms with Crippen molar-refractivity contribution in [2.24, 2.45) is 0 Å². The molecule has 0 amide bonds. The summed E-state index contributed by atoms with van der Waals surface area (Å²) in [5, 5.41) is 0. The number of rotatable bonds is 1. The topological polar surface area (TPSA) is 0 Å². The third-order valence-electron chi connectivity index (χ3n) is 3.58.